The third-order valence-corrected chi connectivity index (χ3v) is 7.81. The second-order valence-corrected chi connectivity index (χ2v) is 10.5. The van der Waals surface area contributed by atoms with Gasteiger partial charge in [-0.2, -0.15) is 0 Å². The molecular weight excluding hydrogens is 530 g/mol. The van der Waals surface area contributed by atoms with E-state index in [0.29, 0.717) is 33.0 Å². The fourth-order valence-corrected chi connectivity index (χ4v) is 6.14. The molecule has 1 N–H and O–H groups in total. The van der Waals surface area contributed by atoms with E-state index in [0.717, 1.165) is 16.9 Å². The number of nitrogens with zero attached hydrogens (tertiary/aromatic N) is 3. The fraction of sp³-hybridized carbons (Fsp3) is 0.148. The quantitative estimate of drug-likeness (QED) is 0.112. The van der Waals surface area contributed by atoms with Gasteiger partial charge >= 0.3 is 5.91 Å². The molecule has 190 valence electrons. The molecule has 0 aliphatic carbocycles. The number of non-ortho nitro benzene ring substituents is 1. The zero-order chi connectivity index (χ0) is 26.7. The molecule has 1 fully saturated rings. The number of ether oxygens (including phenoxy) is 1. The number of hydrogen-bond donors (Lipinski definition) is 1. The summed E-state index contributed by atoms with van der Waals surface area (Å²) in [6, 6.07) is 14.6. The van der Waals surface area contributed by atoms with Gasteiger partial charge in [0, 0.05) is 29.1 Å². The molecule has 0 saturated carbocycles. The summed E-state index contributed by atoms with van der Waals surface area (Å²) in [4.78, 5) is 43.6. The standard InChI is InChI=1S/C27H18ClN3O6S/c1-13-9-16-10-15(5-8-20(16)37-13)24(32)22-23(14-3-2-4-18(11-14)31(35)36)30(26(34)25(22)33)27-29-19-7-6-17(28)12-21(19)38-27/h2-8,10-13,23,32H,9H2,1H3/t13-,23-/m1/s1. The summed E-state index contributed by atoms with van der Waals surface area (Å²) in [7, 11) is 0. The van der Waals surface area contributed by atoms with Gasteiger partial charge in [-0.15, -0.1) is 0 Å². The van der Waals surface area contributed by atoms with Crippen molar-refractivity contribution in [2.75, 3.05) is 4.90 Å². The van der Waals surface area contributed by atoms with Crippen molar-refractivity contribution in [3.63, 3.8) is 0 Å². The maximum absolute atomic E-state index is 13.4. The number of carbonyl (C=O) groups is 2. The molecule has 1 saturated heterocycles. The first-order chi connectivity index (χ1) is 18.2. The Morgan fingerprint density at radius 2 is 2.00 bits per heavy atom. The van der Waals surface area contributed by atoms with Crippen LogP contribution in [0.4, 0.5) is 10.8 Å². The van der Waals surface area contributed by atoms with Crippen LogP contribution in [0.5, 0.6) is 5.75 Å². The molecule has 4 aromatic rings. The Kier molecular flexibility index (Phi) is 5.66. The molecule has 0 unspecified atom stereocenters. The molecule has 1 amide bonds. The first-order valence-corrected chi connectivity index (χ1v) is 12.8. The molecule has 2 aliphatic rings. The number of benzene rings is 3. The number of ketones is 1. The van der Waals surface area contributed by atoms with E-state index in [2.05, 4.69) is 4.98 Å². The number of aromatic nitrogens is 1. The molecule has 1 aromatic heterocycles. The molecule has 0 radical (unpaired) electrons. The smallest absolute Gasteiger partial charge is 0.301 e. The fourth-order valence-electron chi connectivity index (χ4n) is 4.87. The molecule has 2 atom stereocenters. The number of anilines is 1. The number of nitro groups is 1. The van der Waals surface area contributed by atoms with Crippen LogP contribution in [0.1, 0.15) is 29.7 Å². The molecule has 6 rings (SSSR count). The molecule has 38 heavy (non-hydrogen) atoms. The maximum Gasteiger partial charge on any atom is 0.301 e. The molecule has 3 heterocycles. The Labute approximate surface area is 224 Å². The molecule has 11 heteroatoms. The van der Waals surface area contributed by atoms with Crippen molar-refractivity contribution in [1.82, 2.24) is 4.98 Å². The van der Waals surface area contributed by atoms with E-state index in [1.54, 1.807) is 42.5 Å². The van der Waals surface area contributed by atoms with Crippen molar-refractivity contribution >= 4 is 61.4 Å². The summed E-state index contributed by atoms with van der Waals surface area (Å²) >= 11 is 7.28. The second-order valence-electron chi connectivity index (χ2n) is 9.08. The number of aliphatic hydroxyl groups excluding tert-OH is 1. The number of halogens is 1. The molecule has 0 spiro atoms. The van der Waals surface area contributed by atoms with Crippen molar-refractivity contribution in [2.24, 2.45) is 0 Å². The number of Topliss-reactive ketones (excluding diaryl/α,β-unsaturated/α-hetero) is 1. The van der Waals surface area contributed by atoms with Crippen LogP contribution in [0.25, 0.3) is 16.0 Å². The molecule has 2 aliphatic heterocycles. The van der Waals surface area contributed by atoms with Crippen molar-refractivity contribution in [3.05, 3.63) is 98.1 Å². The van der Waals surface area contributed by atoms with Gasteiger partial charge in [-0.3, -0.25) is 24.6 Å². The van der Waals surface area contributed by atoms with Crippen molar-refractivity contribution in [2.45, 2.75) is 25.5 Å². The summed E-state index contributed by atoms with van der Waals surface area (Å²) < 4.78 is 6.43. The van der Waals surface area contributed by atoms with Crippen LogP contribution in [-0.4, -0.2) is 32.8 Å². The lowest BCUT2D eigenvalue weighted by Gasteiger charge is -2.22. The molecular formula is C27H18ClN3O6S. The first-order valence-electron chi connectivity index (χ1n) is 11.6. The van der Waals surface area contributed by atoms with E-state index in [4.69, 9.17) is 16.3 Å². The highest BCUT2D eigenvalue weighted by molar-refractivity contribution is 7.22. The van der Waals surface area contributed by atoms with Gasteiger partial charge in [0.15, 0.2) is 5.13 Å². The maximum atomic E-state index is 13.4. The van der Waals surface area contributed by atoms with Crippen LogP contribution >= 0.6 is 22.9 Å². The summed E-state index contributed by atoms with van der Waals surface area (Å²) in [6.07, 6.45) is 0.610. The predicted octanol–water partition coefficient (Wildman–Crippen LogP) is 5.81. The second kappa shape index (κ2) is 8.93. The Bertz CT molecular complexity index is 1710. The van der Waals surface area contributed by atoms with Gasteiger partial charge in [-0.25, -0.2) is 4.98 Å². The van der Waals surface area contributed by atoms with Crippen LogP contribution < -0.4 is 9.64 Å². The number of hydrogen-bond acceptors (Lipinski definition) is 8. The molecule has 0 bridgehead atoms. The minimum atomic E-state index is -1.14. The van der Waals surface area contributed by atoms with Gasteiger partial charge in [0.2, 0.25) is 0 Å². The SMILES string of the molecule is C[C@@H]1Cc2cc(C(O)=C3C(=O)C(=O)N(c4nc5ccc(Cl)cc5s4)[C@@H]3c3cccc([N+](=O)[O-])c3)ccc2O1. The average Bonchev–Trinajstić information content (AvgIpc) is 3.55. The highest BCUT2D eigenvalue weighted by Gasteiger charge is 2.48. The van der Waals surface area contributed by atoms with E-state index < -0.39 is 22.7 Å². The van der Waals surface area contributed by atoms with Gasteiger partial charge < -0.3 is 9.84 Å². The number of rotatable bonds is 4. The summed E-state index contributed by atoms with van der Waals surface area (Å²) in [6.45, 7) is 1.93. The van der Waals surface area contributed by atoms with Crippen LogP contribution in [0.2, 0.25) is 5.02 Å². The lowest BCUT2D eigenvalue weighted by atomic mass is 9.94. The third-order valence-electron chi connectivity index (χ3n) is 6.56. The Morgan fingerprint density at radius 3 is 2.79 bits per heavy atom. The average molecular weight is 548 g/mol. The van der Waals surface area contributed by atoms with E-state index in [1.165, 1.54) is 23.1 Å². The minimum absolute atomic E-state index is 0.0228. The lowest BCUT2D eigenvalue weighted by molar-refractivity contribution is -0.384. The van der Waals surface area contributed by atoms with E-state index >= 15 is 0 Å². The summed E-state index contributed by atoms with van der Waals surface area (Å²) in [5.41, 5.74) is 1.67. The zero-order valence-electron chi connectivity index (χ0n) is 19.8. The Hall–Kier alpha value is -4.28. The lowest BCUT2D eigenvalue weighted by Crippen LogP contribution is -2.29. The van der Waals surface area contributed by atoms with Gasteiger partial charge in [-0.1, -0.05) is 35.1 Å². The predicted molar refractivity (Wildman–Crippen MR) is 143 cm³/mol. The highest BCUT2D eigenvalue weighted by atomic mass is 35.5. The van der Waals surface area contributed by atoms with Crippen LogP contribution in [0.15, 0.2) is 66.2 Å². The number of aliphatic hydroxyl groups is 1. The van der Waals surface area contributed by atoms with Gasteiger partial charge in [0.1, 0.15) is 17.6 Å². The molecule has 3 aromatic carbocycles. The molecule has 9 nitrogen and oxygen atoms in total. The monoisotopic (exact) mass is 547 g/mol. The highest BCUT2D eigenvalue weighted by Crippen LogP contribution is 2.45. The minimum Gasteiger partial charge on any atom is -0.507 e. The summed E-state index contributed by atoms with van der Waals surface area (Å²) in [5.74, 6) is -1.50. The van der Waals surface area contributed by atoms with Crippen LogP contribution in [0.3, 0.4) is 0 Å². The van der Waals surface area contributed by atoms with Gasteiger partial charge in [0.25, 0.3) is 11.5 Å². The number of amides is 1. The van der Waals surface area contributed by atoms with E-state index in [9.17, 15) is 24.8 Å². The van der Waals surface area contributed by atoms with Crippen LogP contribution in [0, 0.1) is 10.1 Å². The van der Waals surface area contributed by atoms with E-state index in [1.807, 2.05) is 6.92 Å². The zero-order valence-corrected chi connectivity index (χ0v) is 21.3. The van der Waals surface area contributed by atoms with Gasteiger partial charge in [0.05, 0.1) is 26.8 Å². The Morgan fingerprint density at radius 1 is 1.18 bits per heavy atom. The van der Waals surface area contributed by atoms with Crippen molar-refractivity contribution < 1.29 is 24.4 Å². The Balaban J connectivity index is 1.56. The van der Waals surface area contributed by atoms with Gasteiger partial charge in [-0.05, 0) is 54.4 Å². The number of carbonyl (C=O) groups excluding carboxylic acids is 2. The number of nitro benzene ring substituents is 1. The summed E-state index contributed by atoms with van der Waals surface area (Å²) in [5, 5.41) is 23.6. The van der Waals surface area contributed by atoms with E-state index in [-0.39, 0.29) is 33.8 Å². The normalized spacial score (nSPS) is 20.1. The first kappa shape index (κ1) is 24.1. The number of fused-ring (bicyclic) bond motifs is 2. The topological polar surface area (TPSA) is 123 Å². The third kappa shape index (κ3) is 3.89. The number of thiazole rings is 1. The van der Waals surface area contributed by atoms with Crippen LogP contribution in [-0.2, 0) is 16.0 Å². The van der Waals surface area contributed by atoms with Crippen molar-refractivity contribution in [3.8, 4) is 5.75 Å². The van der Waals surface area contributed by atoms with Crippen molar-refractivity contribution in [1.29, 1.82) is 0 Å². The largest absolute Gasteiger partial charge is 0.507 e.